The van der Waals surface area contributed by atoms with Crippen LogP contribution in [-0.4, -0.2) is 77.6 Å². The van der Waals surface area contributed by atoms with Crippen LogP contribution in [0.4, 0.5) is 0 Å². The Kier molecular flexibility index (Phi) is 18.9. The summed E-state index contributed by atoms with van der Waals surface area (Å²) in [5, 5.41) is 0.555. The maximum absolute atomic E-state index is 8.09. The van der Waals surface area contributed by atoms with Crippen LogP contribution in [0.25, 0.3) is 0 Å². The summed E-state index contributed by atoms with van der Waals surface area (Å²) in [5.41, 5.74) is -0.390. The predicted molar refractivity (Wildman–Crippen MR) is 254 cm³/mol. The molecule has 51 heavy (non-hydrogen) atoms. The fourth-order valence-electron chi connectivity index (χ4n) is 7.48. The summed E-state index contributed by atoms with van der Waals surface area (Å²) in [7, 11) is -8.36. The summed E-state index contributed by atoms with van der Waals surface area (Å²) in [6, 6.07) is 0. The molecule has 0 bridgehead atoms. The third-order valence-corrected chi connectivity index (χ3v) is 54.4. The van der Waals surface area contributed by atoms with Crippen LogP contribution in [0.3, 0.4) is 0 Å². The molecule has 0 aliphatic carbocycles. The standard InChI is InChI=1S/C38H88Cl4N2OSi6/c1-25-29-31(43(46(17,18)35(5,6)7)47(19,20)36(8,9)10)50(39,40)33(27-3)45-34(28-4)51(41,42)32(30-26-2)44(48(21,22)37(11,12)13)49(23,24)38(14,15)16/h31-34H,25-30H2,1-24H3. The van der Waals surface area contributed by atoms with E-state index in [2.05, 4.69) is 172 Å². The Labute approximate surface area is 346 Å². The number of hydrogen-bond donors (Lipinski definition) is 0. The zero-order valence-electron chi connectivity index (χ0n) is 38.4. The summed E-state index contributed by atoms with van der Waals surface area (Å²) < 4.78 is 13.4. The topological polar surface area (TPSA) is 15.7 Å². The van der Waals surface area contributed by atoms with Crippen molar-refractivity contribution in [3.8, 4) is 0 Å². The van der Waals surface area contributed by atoms with E-state index in [9.17, 15) is 0 Å². The van der Waals surface area contributed by atoms with E-state index in [0.717, 1.165) is 38.5 Å². The molecule has 0 aromatic rings. The molecule has 0 amide bonds. The van der Waals surface area contributed by atoms with Crippen molar-refractivity contribution < 1.29 is 4.74 Å². The molecule has 4 unspecified atom stereocenters. The molecule has 0 spiro atoms. The van der Waals surface area contributed by atoms with Gasteiger partial charge in [-0.25, -0.2) is 0 Å². The molecule has 3 nitrogen and oxygen atoms in total. The summed E-state index contributed by atoms with van der Waals surface area (Å²) in [4.78, 5) is 0. The van der Waals surface area contributed by atoms with Crippen molar-refractivity contribution in [3.05, 3.63) is 0 Å². The lowest BCUT2D eigenvalue weighted by atomic mass is 10.2. The van der Waals surface area contributed by atoms with Gasteiger partial charge in [0.1, 0.15) is 32.9 Å². The van der Waals surface area contributed by atoms with Crippen LogP contribution < -0.4 is 0 Å². The summed E-state index contributed by atoms with van der Waals surface area (Å²) >= 11 is 32.4. The highest BCUT2D eigenvalue weighted by atomic mass is 35.7. The van der Waals surface area contributed by atoms with Crippen LogP contribution >= 0.6 is 44.3 Å². The molecule has 4 atom stereocenters. The van der Waals surface area contributed by atoms with E-state index in [1.165, 1.54) is 0 Å². The van der Waals surface area contributed by atoms with Crippen LogP contribution in [0.2, 0.25) is 72.5 Å². The number of rotatable bonds is 18. The lowest BCUT2D eigenvalue weighted by Crippen LogP contribution is -2.77. The molecule has 0 aliphatic rings. The Hall–Kier alpha value is 2.34. The summed E-state index contributed by atoms with van der Waals surface area (Å²) in [5.74, 6) is 0. The van der Waals surface area contributed by atoms with Crippen LogP contribution in [-0.2, 0) is 4.74 Å². The summed E-state index contributed by atoms with van der Waals surface area (Å²) in [6.07, 6.45) is 5.52. The van der Waals surface area contributed by atoms with E-state index in [1.54, 1.807) is 0 Å². The van der Waals surface area contributed by atoms with Gasteiger partial charge in [0.15, 0.2) is 0 Å². The lowest BCUT2D eigenvalue weighted by molar-refractivity contribution is 0.0645. The second kappa shape index (κ2) is 18.1. The Morgan fingerprint density at radius 3 is 0.765 bits per heavy atom. The average molecular weight is 899 g/mol. The molecule has 0 saturated carbocycles. The van der Waals surface area contributed by atoms with Gasteiger partial charge in [-0.15, -0.1) is 44.3 Å². The van der Waals surface area contributed by atoms with Crippen molar-refractivity contribution >= 4 is 90.6 Å². The van der Waals surface area contributed by atoms with E-state index in [4.69, 9.17) is 49.1 Å². The lowest BCUT2D eigenvalue weighted by Gasteiger charge is -2.62. The number of hydrogen-bond acceptors (Lipinski definition) is 3. The van der Waals surface area contributed by atoms with Gasteiger partial charge in [-0.05, 0) is 45.8 Å². The Morgan fingerprint density at radius 2 is 0.627 bits per heavy atom. The van der Waals surface area contributed by atoms with E-state index < -0.39 is 46.3 Å². The molecular formula is C38H88Cl4N2OSi6. The Balaban J connectivity index is 7.72. The zero-order valence-corrected chi connectivity index (χ0v) is 47.4. The third kappa shape index (κ3) is 11.3. The van der Waals surface area contributed by atoms with Gasteiger partial charge in [-0.1, -0.05) is 176 Å². The second-order valence-electron chi connectivity index (χ2n) is 21.9. The smallest absolute Gasteiger partial charge is 0.294 e. The first-order valence-corrected chi connectivity index (χ1v) is 40.4. The van der Waals surface area contributed by atoms with Crippen LogP contribution in [0, 0.1) is 0 Å². The summed E-state index contributed by atoms with van der Waals surface area (Å²) in [6.45, 7) is 52.3. The Morgan fingerprint density at radius 1 is 0.431 bits per heavy atom. The molecule has 0 aromatic heterocycles. The Bertz CT molecular complexity index is 956. The number of halogens is 4. The highest BCUT2D eigenvalue weighted by molar-refractivity contribution is 7.47. The van der Waals surface area contributed by atoms with E-state index in [-0.39, 0.29) is 42.9 Å². The van der Waals surface area contributed by atoms with E-state index in [1.807, 2.05) is 0 Å². The minimum atomic E-state index is -3.17. The second-order valence-corrected chi connectivity index (χ2v) is 57.1. The average Bonchev–Trinajstić information content (AvgIpc) is 2.89. The predicted octanol–water partition coefficient (Wildman–Crippen LogP) is 15.5. The van der Waals surface area contributed by atoms with Crippen molar-refractivity contribution in [2.75, 3.05) is 0 Å². The van der Waals surface area contributed by atoms with Crippen molar-refractivity contribution in [2.45, 2.75) is 245 Å². The molecule has 308 valence electrons. The van der Waals surface area contributed by atoms with Crippen LogP contribution in [0.15, 0.2) is 0 Å². The highest BCUT2D eigenvalue weighted by Crippen LogP contribution is 2.53. The van der Waals surface area contributed by atoms with Crippen molar-refractivity contribution in [1.82, 2.24) is 8.46 Å². The minimum Gasteiger partial charge on any atom is -0.376 e. The van der Waals surface area contributed by atoms with Gasteiger partial charge in [-0.3, -0.25) is 0 Å². The van der Waals surface area contributed by atoms with Crippen molar-refractivity contribution in [1.29, 1.82) is 0 Å². The van der Waals surface area contributed by atoms with Gasteiger partial charge in [0, 0.05) is 11.3 Å². The van der Waals surface area contributed by atoms with Gasteiger partial charge < -0.3 is 13.2 Å². The molecule has 0 saturated heterocycles. The zero-order chi connectivity index (χ0) is 41.4. The van der Waals surface area contributed by atoms with Gasteiger partial charge in [0.2, 0.25) is 0 Å². The fraction of sp³-hybridized carbons (Fsp3) is 1.00. The molecule has 0 aliphatic heterocycles. The number of nitrogens with zero attached hydrogens (tertiary/aromatic N) is 2. The number of ether oxygens (including phenoxy) is 1. The van der Waals surface area contributed by atoms with E-state index in [0.29, 0.717) is 0 Å². The van der Waals surface area contributed by atoms with Gasteiger partial charge in [0.25, 0.3) is 13.4 Å². The quantitative estimate of drug-likeness (QED) is 0.101. The molecule has 13 heteroatoms. The van der Waals surface area contributed by atoms with Crippen molar-refractivity contribution in [3.63, 3.8) is 0 Å². The van der Waals surface area contributed by atoms with E-state index >= 15 is 0 Å². The third-order valence-electron chi connectivity index (χ3n) is 14.3. The molecular weight excluding hydrogens is 811 g/mol. The first-order chi connectivity index (χ1) is 22.3. The van der Waals surface area contributed by atoms with Crippen LogP contribution in [0.5, 0.6) is 0 Å². The molecule has 0 N–H and O–H groups in total. The SMILES string of the molecule is CCCC(N([Si](C)(C)C(C)(C)C)[Si](C)(C)C(C)(C)C)[Si](Cl)(Cl)C(CC)OC(CC)[Si](Cl)(Cl)C(CCC)N([Si](C)(C)C(C)(C)C)[Si](C)(C)C(C)(C)C. The van der Waals surface area contributed by atoms with Gasteiger partial charge >= 0.3 is 0 Å². The molecule has 0 aromatic carbocycles. The molecule has 0 rings (SSSR count). The van der Waals surface area contributed by atoms with Crippen molar-refractivity contribution in [2.24, 2.45) is 0 Å². The molecule has 0 heterocycles. The molecule has 0 fully saturated rings. The first kappa shape index (κ1) is 53.3. The monoisotopic (exact) mass is 896 g/mol. The minimum absolute atomic E-state index is 0.0826. The fourth-order valence-corrected chi connectivity index (χ4v) is 47.3. The largest absolute Gasteiger partial charge is 0.376 e. The first-order valence-electron chi connectivity index (χ1n) is 20.3. The normalized spacial score (nSPS) is 18.0. The maximum atomic E-state index is 8.09. The van der Waals surface area contributed by atoms with Crippen LogP contribution in [0.1, 0.15) is 149 Å². The molecule has 0 radical (unpaired) electrons. The van der Waals surface area contributed by atoms with Gasteiger partial charge in [-0.2, -0.15) is 0 Å². The highest BCUT2D eigenvalue weighted by Gasteiger charge is 2.63. The van der Waals surface area contributed by atoms with Gasteiger partial charge in [0.05, 0.1) is 11.5 Å². The maximum Gasteiger partial charge on any atom is 0.294 e.